The molecule has 0 N–H and O–H groups in total. The molecule has 6 heteroatoms. The second kappa shape index (κ2) is 31.9. The van der Waals surface area contributed by atoms with Crippen LogP contribution in [0.4, 0.5) is 0 Å². The number of rotatable bonds is 9. The van der Waals surface area contributed by atoms with Gasteiger partial charge in [-0.3, -0.25) is 0 Å². The van der Waals surface area contributed by atoms with Crippen LogP contribution in [0.5, 0.6) is 0 Å². The predicted octanol–water partition coefficient (Wildman–Crippen LogP) is 37.4. The van der Waals surface area contributed by atoms with E-state index in [1.807, 2.05) is 0 Å². The first kappa shape index (κ1) is 79.3. The Bertz CT molecular complexity index is 9590. The lowest BCUT2D eigenvalue weighted by atomic mass is 9.81. The third kappa shape index (κ3) is 13.2. The summed E-state index contributed by atoms with van der Waals surface area (Å²) in [6.45, 7) is 4.69. The van der Waals surface area contributed by atoms with Crippen LogP contribution in [-0.4, -0.2) is 15.0 Å². The highest BCUT2D eigenvalue weighted by Crippen LogP contribution is 2.54. The fourth-order valence-electron chi connectivity index (χ4n) is 21.9. The normalized spacial score (nSPS) is 12.4. The first-order valence-corrected chi connectivity index (χ1v) is 49.1. The van der Waals surface area contributed by atoms with Crippen LogP contribution < -0.4 is 0 Å². The van der Waals surface area contributed by atoms with Crippen LogP contribution in [0.25, 0.3) is 270 Å². The molecule has 136 heavy (non-hydrogen) atoms. The van der Waals surface area contributed by atoms with Crippen molar-refractivity contribution in [2.75, 3.05) is 0 Å². The molecule has 0 aliphatic heterocycles. The van der Waals surface area contributed by atoms with Crippen LogP contribution in [0, 0.1) is 0 Å². The van der Waals surface area contributed by atoms with Gasteiger partial charge in [-0.15, -0.1) is 34.0 Å². The average Bonchev–Trinajstić information content (AvgIpc) is 1.51. The van der Waals surface area contributed by atoms with E-state index in [-0.39, 0.29) is 5.41 Å². The van der Waals surface area contributed by atoms with Gasteiger partial charge in [0, 0.05) is 38.3 Å². The van der Waals surface area contributed by atoms with E-state index in [2.05, 4.69) is 469 Å². The molecule has 0 atom stereocenters. The van der Waals surface area contributed by atoms with Gasteiger partial charge < -0.3 is 0 Å². The highest BCUT2D eigenvalue weighted by molar-refractivity contribution is 7.23. The van der Waals surface area contributed by atoms with E-state index >= 15 is 0 Å². The number of nitrogens with zero attached hydrogens (tertiary/aromatic N) is 3. The highest BCUT2D eigenvalue weighted by Gasteiger charge is 2.36. The zero-order valence-electron chi connectivity index (χ0n) is 74.4. The lowest BCUT2D eigenvalue weighted by Gasteiger charge is -2.22. The Morgan fingerprint density at radius 2 is 0.441 bits per heavy atom. The van der Waals surface area contributed by atoms with Crippen molar-refractivity contribution in [2.24, 2.45) is 0 Å². The fourth-order valence-corrected chi connectivity index (χ4v) is 25.3. The maximum Gasteiger partial charge on any atom is 0.124 e. The van der Waals surface area contributed by atoms with Gasteiger partial charge in [-0.25, -0.2) is 15.0 Å². The zero-order chi connectivity index (χ0) is 89.8. The molecule has 0 fully saturated rings. The van der Waals surface area contributed by atoms with Crippen LogP contribution >= 0.6 is 34.0 Å². The summed E-state index contributed by atoms with van der Waals surface area (Å²) in [5.74, 6) is 0. The minimum Gasteiger partial charge on any atom is -0.236 e. The number of hydrogen-bond donors (Lipinski definition) is 0. The third-order valence-corrected chi connectivity index (χ3v) is 32.0. The van der Waals surface area contributed by atoms with Crippen LogP contribution in [0.2, 0.25) is 0 Å². The molecule has 3 nitrogen and oxygen atoms in total. The summed E-state index contributed by atoms with van der Waals surface area (Å²) in [5, 5.41) is 28.8. The van der Waals surface area contributed by atoms with Crippen LogP contribution in [-0.2, 0) is 5.41 Å². The maximum absolute atomic E-state index is 5.04. The van der Waals surface area contributed by atoms with E-state index in [9.17, 15) is 0 Å². The molecule has 27 aromatic rings. The number of aromatic nitrogens is 3. The quantitative estimate of drug-likeness (QED) is 0.135. The van der Waals surface area contributed by atoms with Gasteiger partial charge in [-0.05, 0) is 270 Å². The van der Waals surface area contributed by atoms with E-state index in [0.717, 1.165) is 42.7 Å². The first-order chi connectivity index (χ1) is 67.1. The van der Waals surface area contributed by atoms with Gasteiger partial charge in [0.25, 0.3) is 0 Å². The summed E-state index contributed by atoms with van der Waals surface area (Å²) < 4.78 is 3.74. The summed E-state index contributed by atoms with van der Waals surface area (Å²) in [6, 6.07) is 166. The van der Waals surface area contributed by atoms with E-state index in [1.165, 1.54) is 239 Å². The van der Waals surface area contributed by atoms with Gasteiger partial charge >= 0.3 is 0 Å². The number of fused-ring (bicyclic) bond motifs is 27. The number of benzene rings is 24. The van der Waals surface area contributed by atoms with Crippen molar-refractivity contribution >= 4 is 172 Å². The van der Waals surface area contributed by atoms with Crippen LogP contribution in [0.3, 0.4) is 0 Å². The Morgan fingerprint density at radius 3 is 0.897 bits per heavy atom. The highest BCUT2D eigenvalue weighted by atomic mass is 32.1. The molecule has 634 valence electrons. The Hall–Kier alpha value is -16.5. The van der Waals surface area contributed by atoms with E-state index in [4.69, 9.17) is 15.0 Å². The zero-order valence-corrected chi connectivity index (χ0v) is 76.8. The largest absolute Gasteiger partial charge is 0.236 e. The van der Waals surface area contributed by atoms with Crippen LogP contribution in [0.1, 0.15) is 25.0 Å². The van der Waals surface area contributed by atoms with Crippen molar-refractivity contribution in [3.05, 3.63) is 466 Å². The molecule has 24 aromatic carbocycles. The van der Waals surface area contributed by atoms with Gasteiger partial charge in [0.15, 0.2) is 0 Å². The number of hydrogen-bond acceptors (Lipinski definition) is 6. The summed E-state index contributed by atoms with van der Waals surface area (Å²) in [4.78, 5) is 15.1. The molecule has 2 aliphatic carbocycles. The van der Waals surface area contributed by atoms with Gasteiger partial charge in [0.05, 0.1) is 30.6 Å². The molecule has 3 aromatic heterocycles. The molecular weight excluding hydrogens is 1700 g/mol. The number of thiazole rings is 3. The smallest absolute Gasteiger partial charge is 0.124 e. The molecule has 0 spiro atoms. The molecule has 0 saturated heterocycles. The molecule has 2 aliphatic rings. The van der Waals surface area contributed by atoms with Gasteiger partial charge in [0.2, 0.25) is 0 Å². The molecule has 0 saturated carbocycles. The third-order valence-electron chi connectivity index (χ3n) is 28.6. The fraction of sp³-hybridized carbons (Fsp3) is 0.0231. The lowest BCUT2D eigenvalue weighted by Crippen LogP contribution is -2.14. The first-order valence-electron chi connectivity index (χ1n) is 46.6. The van der Waals surface area contributed by atoms with E-state index in [1.54, 1.807) is 34.0 Å². The minimum atomic E-state index is -0.0126. The van der Waals surface area contributed by atoms with Crippen LogP contribution in [0.15, 0.2) is 455 Å². The second-order valence-electron chi connectivity index (χ2n) is 36.7. The van der Waals surface area contributed by atoms with Crippen molar-refractivity contribution < 1.29 is 0 Å². The second-order valence-corrected chi connectivity index (χ2v) is 39.7. The van der Waals surface area contributed by atoms with Gasteiger partial charge in [0.1, 0.15) is 15.0 Å². The Balaban J connectivity index is 0.000000103. The van der Waals surface area contributed by atoms with Crippen molar-refractivity contribution in [1.29, 1.82) is 0 Å². The van der Waals surface area contributed by atoms with E-state index < -0.39 is 0 Å². The SMILES string of the molecule is CC1(C)c2ccccc2-c2ccc(-c3cccc(-c4ccc5ccc6ccc7nc(-c8ccccc8)sc7c6c5c4)c3)cc21.c1ccc(-c2nc3ccc4ccc5ccc(-c6cccc(-c7ccc8c9c(cccc79)-c7ccccc7-8)c6)cc5c4c3s2)cc1.c1ccc(-c2nc3ccc4ccc5ccc(-c6cccc(-c7ccc8c9ccccc9c9ccccc9c8c7)c6)cc5c4c3s2)cc1. The summed E-state index contributed by atoms with van der Waals surface area (Å²) in [5.41, 5.74) is 32.3. The summed E-state index contributed by atoms with van der Waals surface area (Å²) in [7, 11) is 0. The molecule has 0 amide bonds. The van der Waals surface area contributed by atoms with Crippen molar-refractivity contribution in [1.82, 2.24) is 15.0 Å². The summed E-state index contributed by atoms with van der Waals surface area (Å²) in [6.07, 6.45) is 0. The van der Waals surface area contributed by atoms with Gasteiger partial charge in [-0.1, -0.05) is 402 Å². The van der Waals surface area contributed by atoms with Crippen molar-refractivity contribution in [3.8, 4) is 132 Å². The van der Waals surface area contributed by atoms with Crippen molar-refractivity contribution in [3.63, 3.8) is 0 Å². The standard InChI is InChI=1S/C45H27NS.C43H25NS.C42H29NS/c1-2-9-30(10-3-1)45-46-42-24-22-29-19-17-28-18-20-33(26-40(28)43(29)44(42)47-45)31-11-8-12-32(25-31)34-21-23-39-37-15-5-4-13-35(37)36-14-6-7-16-38(36)41(39)27-34;1-2-8-28(9-3-1)43-44-39-23-20-27-18-16-26-17-19-30(25-38(26)40(27)42(39)45-43)29-10-6-11-31(24-29)32-21-22-37-34-13-5-4-12-33(34)36-15-7-14-35(32)41(36)37;1-42(2)36-14-7-6-13-33(36)34-21-19-32(25-37(34)42)30-12-8-11-29(23-30)31-18-16-26-15-17-27-20-22-38-40(39(27)35(26)24-31)44-41(43-38)28-9-4-3-5-10-28/h1-27H;1-25H;3-25H,1-2H3. The van der Waals surface area contributed by atoms with E-state index in [0.29, 0.717) is 0 Å². The maximum atomic E-state index is 5.04. The molecule has 0 bridgehead atoms. The Labute approximate surface area is 798 Å². The molecular formula is C130H81N3S3. The summed E-state index contributed by atoms with van der Waals surface area (Å²) >= 11 is 5.37. The predicted molar refractivity (Wildman–Crippen MR) is 585 cm³/mol. The molecule has 29 rings (SSSR count). The minimum absolute atomic E-state index is 0.0126. The van der Waals surface area contributed by atoms with Gasteiger partial charge in [-0.2, -0.15) is 0 Å². The average molecular weight is 1780 g/mol. The monoisotopic (exact) mass is 1780 g/mol. The molecule has 3 heterocycles. The van der Waals surface area contributed by atoms with Crippen molar-refractivity contribution in [2.45, 2.75) is 19.3 Å². The molecule has 0 radical (unpaired) electrons. The topological polar surface area (TPSA) is 38.7 Å². The lowest BCUT2D eigenvalue weighted by molar-refractivity contribution is 0.660. The Kier molecular flexibility index (Phi) is 18.6. The molecule has 0 unspecified atom stereocenters. The Morgan fingerprint density at radius 1 is 0.162 bits per heavy atom.